The fraction of sp³-hybridized carbons (Fsp3) is 0.0455. The monoisotopic (exact) mass is 411 g/mol. The SMILES string of the molecule is C=N/C=N\C=C(/C)c1cc2c(-c3cc4c(-c5cccs5)cncc4[nH]3)n[nH]c2cn1. The van der Waals surface area contributed by atoms with Crippen molar-refractivity contribution in [3.8, 4) is 21.8 Å². The molecule has 7 nitrogen and oxygen atoms in total. The summed E-state index contributed by atoms with van der Waals surface area (Å²) >= 11 is 1.70. The van der Waals surface area contributed by atoms with Gasteiger partial charge in [-0.05, 0) is 42.8 Å². The number of H-pyrrole nitrogens is 2. The highest BCUT2D eigenvalue weighted by Gasteiger charge is 2.15. The summed E-state index contributed by atoms with van der Waals surface area (Å²) in [5.41, 5.74) is 6.46. The molecule has 30 heavy (non-hydrogen) atoms. The second kappa shape index (κ2) is 7.49. The Morgan fingerprint density at radius 3 is 2.93 bits per heavy atom. The summed E-state index contributed by atoms with van der Waals surface area (Å²) in [5.74, 6) is 0. The standard InChI is InChI=1S/C22H17N7S/c1-13(8-25-12-23-2)17-7-15-20(11-26-17)28-29-22(15)18-6-14-16(21-4-3-5-30-21)9-24-10-19(14)27-18/h3-12,27H,2H2,1H3,(H,28,29)/b13-8+,25-12-. The quantitative estimate of drug-likeness (QED) is 0.303. The lowest BCUT2D eigenvalue weighted by Crippen LogP contribution is -1.86. The molecule has 5 aromatic rings. The van der Waals surface area contributed by atoms with Crippen LogP contribution in [0, 0.1) is 0 Å². The summed E-state index contributed by atoms with van der Waals surface area (Å²) in [6.45, 7) is 5.34. The van der Waals surface area contributed by atoms with E-state index in [4.69, 9.17) is 0 Å². The molecule has 0 saturated carbocycles. The predicted molar refractivity (Wildman–Crippen MR) is 124 cm³/mol. The van der Waals surface area contributed by atoms with Crippen molar-refractivity contribution >= 4 is 51.8 Å². The molecule has 0 amide bonds. The van der Waals surface area contributed by atoms with Gasteiger partial charge in [-0.1, -0.05) is 6.07 Å². The minimum Gasteiger partial charge on any atom is -0.352 e. The van der Waals surface area contributed by atoms with E-state index >= 15 is 0 Å². The van der Waals surface area contributed by atoms with Gasteiger partial charge in [-0.2, -0.15) is 5.10 Å². The van der Waals surface area contributed by atoms with E-state index in [0.717, 1.165) is 50.0 Å². The Balaban J connectivity index is 1.63. The molecule has 5 rings (SSSR count). The van der Waals surface area contributed by atoms with Gasteiger partial charge in [0.25, 0.3) is 0 Å². The zero-order chi connectivity index (χ0) is 20.5. The van der Waals surface area contributed by atoms with Crippen molar-refractivity contribution in [1.29, 1.82) is 0 Å². The van der Waals surface area contributed by atoms with Gasteiger partial charge in [0.05, 0.1) is 34.8 Å². The highest BCUT2D eigenvalue weighted by Crippen LogP contribution is 2.35. The second-order valence-electron chi connectivity index (χ2n) is 6.76. The van der Waals surface area contributed by atoms with Crippen LogP contribution in [-0.4, -0.2) is 38.2 Å². The number of hydrogen-bond acceptors (Lipinski definition) is 5. The molecular formula is C22H17N7S. The van der Waals surface area contributed by atoms with Gasteiger partial charge < -0.3 is 4.98 Å². The number of rotatable bonds is 5. The van der Waals surface area contributed by atoms with Crippen LogP contribution >= 0.6 is 11.3 Å². The van der Waals surface area contributed by atoms with Gasteiger partial charge in [0.15, 0.2) is 0 Å². The number of pyridine rings is 2. The lowest BCUT2D eigenvalue weighted by atomic mass is 10.1. The van der Waals surface area contributed by atoms with Crippen LogP contribution in [0.5, 0.6) is 0 Å². The Morgan fingerprint density at radius 2 is 2.10 bits per heavy atom. The lowest BCUT2D eigenvalue weighted by Gasteiger charge is -2.00. The first kappa shape index (κ1) is 18.1. The van der Waals surface area contributed by atoms with Crippen LogP contribution in [0.1, 0.15) is 12.6 Å². The van der Waals surface area contributed by atoms with Gasteiger partial charge in [-0.25, -0.2) is 4.99 Å². The molecule has 0 saturated heterocycles. The van der Waals surface area contributed by atoms with Crippen LogP contribution in [0.25, 0.3) is 49.2 Å². The maximum absolute atomic E-state index is 4.54. The molecule has 0 atom stereocenters. The molecule has 0 unspecified atom stereocenters. The molecule has 8 heteroatoms. The highest BCUT2D eigenvalue weighted by atomic mass is 32.1. The zero-order valence-corrected chi connectivity index (χ0v) is 16.9. The third-order valence-corrected chi connectivity index (χ3v) is 5.76. The first-order chi connectivity index (χ1) is 14.7. The zero-order valence-electron chi connectivity index (χ0n) is 16.1. The number of allylic oxidation sites excluding steroid dienone is 1. The average Bonchev–Trinajstić information content (AvgIpc) is 3.51. The average molecular weight is 411 g/mol. The number of thiophene rings is 1. The van der Waals surface area contributed by atoms with Crippen molar-refractivity contribution in [2.75, 3.05) is 0 Å². The van der Waals surface area contributed by atoms with Gasteiger partial charge in [0.2, 0.25) is 0 Å². The Bertz CT molecular complexity index is 1420. The number of hydrogen-bond donors (Lipinski definition) is 2. The van der Waals surface area contributed by atoms with Crippen molar-refractivity contribution in [3.63, 3.8) is 0 Å². The molecule has 5 aromatic heterocycles. The number of aliphatic imine (C=N–C) groups is 2. The van der Waals surface area contributed by atoms with E-state index in [2.05, 4.69) is 59.4 Å². The third kappa shape index (κ3) is 3.13. The van der Waals surface area contributed by atoms with Gasteiger partial charge in [-0.15, -0.1) is 11.3 Å². The summed E-state index contributed by atoms with van der Waals surface area (Å²) in [4.78, 5) is 21.3. The maximum Gasteiger partial charge on any atom is 0.116 e. The number of aromatic amines is 2. The molecule has 0 aliphatic heterocycles. The second-order valence-corrected chi connectivity index (χ2v) is 7.70. The molecule has 5 heterocycles. The maximum atomic E-state index is 4.54. The van der Waals surface area contributed by atoms with Crippen molar-refractivity contribution in [2.24, 2.45) is 9.98 Å². The summed E-state index contributed by atoms with van der Waals surface area (Å²) in [5, 5.41) is 11.8. The number of nitrogens with one attached hydrogen (secondary N) is 2. The topological polar surface area (TPSA) is 95.0 Å². The molecule has 2 N–H and O–H groups in total. The Hall–Kier alpha value is -3.91. The minimum atomic E-state index is 0.823. The number of nitrogens with zero attached hydrogens (tertiary/aromatic N) is 5. The minimum absolute atomic E-state index is 0.823. The Morgan fingerprint density at radius 1 is 1.17 bits per heavy atom. The van der Waals surface area contributed by atoms with Gasteiger partial charge in [0, 0.05) is 33.6 Å². The third-order valence-electron chi connectivity index (χ3n) is 4.86. The normalized spacial score (nSPS) is 12.4. The van der Waals surface area contributed by atoms with Crippen LogP contribution in [0.15, 0.2) is 64.4 Å². The van der Waals surface area contributed by atoms with Gasteiger partial charge in [-0.3, -0.25) is 20.1 Å². The Labute approximate surface area is 176 Å². The van der Waals surface area contributed by atoms with Gasteiger partial charge >= 0.3 is 0 Å². The Kier molecular flexibility index (Phi) is 4.53. The summed E-state index contributed by atoms with van der Waals surface area (Å²) in [6.07, 6.45) is 8.65. The van der Waals surface area contributed by atoms with E-state index in [-0.39, 0.29) is 0 Å². The van der Waals surface area contributed by atoms with E-state index < -0.39 is 0 Å². The first-order valence-electron chi connectivity index (χ1n) is 9.24. The predicted octanol–water partition coefficient (Wildman–Crippen LogP) is 5.32. The summed E-state index contributed by atoms with van der Waals surface area (Å²) < 4.78 is 0. The summed E-state index contributed by atoms with van der Waals surface area (Å²) in [7, 11) is 0. The fourth-order valence-electron chi connectivity index (χ4n) is 3.40. The van der Waals surface area contributed by atoms with E-state index in [9.17, 15) is 0 Å². The molecule has 0 radical (unpaired) electrons. The molecule has 0 fully saturated rings. The lowest BCUT2D eigenvalue weighted by molar-refractivity contribution is 1.11. The fourth-order valence-corrected chi connectivity index (χ4v) is 4.15. The molecule has 146 valence electrons. The van der Waals surface area contributed by atoms with Crippen molar-refractivity contribution in [3.05, 3.63) is 60.1 Å². The van der Waals surface area contributed by atoms with Crippen LogP contribution in [0.3, 0.4) is 0 Å². The number of fused-ring (bicyclic) bond motifs is 2. The largest absolute Gasteiger partial charge is 0.352 e. The van der Waals surface area contributed by atoms with Crippen LogP contribution in [0.2, 0.25) is 0 Å². The highest BCUT2D eigenvalue weighted by molar-refractivity contribution is 7.13. The molecule has 0 aliphatic carbocycles. The molecule has 0 aromatic carbocycles. The van der Waals surface area contributed by atoms with Crippen LogP contribution in [-0.2, 0) is 0 Å². The van der Waals surface area contributed by atoms with E-state index in [0.29, 0.717) is 0 Å². The smallest absolute Gasteiger partial charge is 0.116 e. The van der Waals surface area contributed by atoms with Crippen LogP contribution < -0.4 is 0 Å². The van der Waals surface area contributed by atoms with Crippen molar-refractivity contribution in [2.45, 2.75) is 6.92 Å². The van der Waals surface area contributed by atoms with Crippen LogP contribution in [0.4, 0.5) is 0 Å². The first-order valence-corrected chi connectivity index (χ1v) is 10.1. The molecule has 0 aliphatic rings. The van der Waals surface area contributed by atoms with E-state index in [1.165, 1.54) is 11.2 Å². The van der Waals surface area contributed by atoms with Gasteiger partial charge in [0.1, 0.15) is 12.0 Å². The summed E-state index contributed by atoms with van der Waals surface area (Å²) in [6, 6.07) is 8.30. The van der Waals surface area contributed by atoms with E-state index in [1.54, 1.807) is 23.7 Å². The van der Waals surface area contributed by atoms with Crippen molar-refractivity contribution < 1.29 is 0 Å². The van der Waals surface area contributed by atoms with Crippen molar-refractivity contribution in [1.82, 2.24) is 25.1 Å². The molecular weight excluding hydrogens is 394 g/mol. The molecule has 0 spiro atoms. The molecule has 0 bridgehead atoms. The number of aromatic nitrogens is 5. The van der Waals surface area contributed by atoms with E-state index in [1.807, 2.05) is 31.5 Å².